The molecule has 20 atom stereocenters. The summed E-state index contributed by atoms with van der Waals surface area (Å²) in [7, 11) is 1.53. The normalized spacial score (nSPS) is 52.6. The molecule has 0 aromatic carbocycles. The number of methoxy groups -OCH3 is 1. The molecule has 1 saturated carbocycles. The van der Waals surface area contributed by atoms with Gasteiger partial charge in [-0.3, -0.25) is 4.79 Å². The summed E-state index contributed by atoms with van der Waals surface area (Å²) in [5, 5.41) is 44.3. The fourth-order valence-electron chi connectivity index (χ4n) is 10.9. The minimum Gasteiger partial charge on any atom is -0.469 e. The average molecular weight is 781 g/mol. The van der Waals surface area contributed by atoms with Crippen LogP contribution in [0.4, 0.5) is 0 Å². The van der Waals surface area contributed by atoms with E-state index in [4.69, 9.17) is 47.4 Å². The van der Waals surface area contributed by atoms with Gasteiger partial charge in [-0.25, -0.2) is 0 Å². The van der Waals surface area contributed by atoms with Gasteiger partial charge in [0.15, 0.2) is 18.9 Å². The van der Waals surface area contributed by atoms with Crippen molar-refractivity contribution >= 4 is 5.97 Å². The number of fused-ring (bicyclic) bond motifs is 3. The summed E-state index contributed by atoms with van der Waals surface area (Å²) in [6.07, 6.45) is -2.82. The smallest absolute Gasteiger partial charge is 0.309 e. The van der Waals surface area contributed by atoms with E-state index in [1.165, 1.54) is 7.11 Å². The average Bonchev–Trinajstić information content (AvgIpc) is 3.64. The predicted octanol–water partition coefficient (Wildman–Crippen LogP) is 2.35. The summed E-state index contributed by atoms with van der Waals surface area (Å²) in [5.74, 6) is -1.47. The van der Waals surface area contributed by atoms with Crippen LogP contribution in [0.2, 0.25) is 0 Å². The standard InChI is InChI=1S/C40H60O15/c1-18-35(44)29(46-6)14-33(49-18)55-37-20(3)51-32(13-26(37)42)54-36-19(2)50-31(12-25(36)41)52-28-11-22-8-9-23-24(39(22,4)15-27(28)43)10-7-21-16-47-40(5)34(21)30(17-48-40)53-38(23)45/h8,16,18-20,23-37,41-44H,7,9-15,17H2,1-6H3/t18-,19+,20+,23+,24-,25-,26-,27+,28+,29+,30+,31-,32-,33-,34+,35-,36+,37+,39-,40-/m0/s1. The first-order valence-corrected chi connectivity index (χ1v) is 20.3. The third-order valence-corrected chi connectivity index (χ3v) is 14.0. The lowest BCUT2D eigenvalue weighted by atomic mass is 9.55. The van der Waals surface area contributed by atoms with Gasteiger partial charge < -0.3 is 67.8 Å². The summed E-state index contributed by atoms with van der Waals surface area (Å²) in [4.78, 5) is 13.7. The van der Waals surface area contributed by atoms with E-state index in [1.807, 2.05) is 6.92 Å². The molecule has 8 rings (SSSR count). The van der Waals surface area contributed by atoms with Crippen LogP contribution in [0.25, 0.3) is 0 Å². The maximum Gasteiger partial charge on any atom is 0.309 e. The van der Waals surface area contributed by atoms with Crippen LogP contribution in [0.15, 0.2) is 23.5 Å². The van der Waals surface area contributed by atoms with Gasteiger partial charge in [0.05, 0.1) is 73.5 Å². The Morgan fingerprint density at radius 3 is 2.11 bits per heavy atom. The first-order chi connectivity index (χ1) is 26.2. The molecule has 8 aliphatic rings. The van der Waals surface area contributed by atoms with E-state index in [0.717, 1.165) is 24.0 Å². The zero-order chi connectivity index (χ0) is 39.0. The first-order valence-electron chi connectivity index (χ1n) is 20.3. The van der Waals surface area contributed by atoms with Crippen molar-refractivity contribution < 1.29 is 72.6 Å². The lowest BCUT2D eigenvalue weighted by Crippen LogP contribution is -2.57. The van der Waals surface area contributed by atoms with E-state index in [9.17, 15) is 25.2 Å². The van der Waals surface area contributed by atoms with Crippen molar-refractivity contribution in [3.63, 3.8) is 0 Å². The summed E-state index contributed by atoms with van der Waals surface area (Å²) >= 11 is 0. The number of aliphatic hydroxyl groups is 4. The van der Waals surface area contributed by atoms with Crippen LogP contribution in [-0.4, -0.2) is 138 Å². The Balaban J connectivity index is 0.854. The van der Waals surface area contributed by atoms with Crippen LogP contribution in [0.3, 0.4) is 0 Å². The third-order valence-electron chi connectivity index (χ3n) is 14.0. The van der Waals surface area contributed by atoms with E-state index in [1.54, 1.807) is 27.0 Å². The van der Waals surface area contributed by atoms with Crippen molar-refractivity contribution in [1.29, 1.82) is 0 Å². The molecule has 6 heterocycles. The number of rotatable bonds is 7. The van der Waals surface area contributed by atoms with Gasteiger partial charge in [-0.1, -0.05) is 18.6 Å². The molecule has 5 saturated heterocycles. The van der Waals surface area contributed by atoms with Crippen molar-refractivity contribution in [2.45, 2.75) is 184 Å². The van der Waals surface area contributed by atoms with Gasteiger partial charge in [-0.05, 0) is 69.8 Å². The Morgan fingerprint density at radius 2 is 1.45 bits per heavy atom. The largest absolute Gasteiger partial charge is 0.469 e. The second-order valence-electron chi connectivity index (χ2n) is 17.5. The molecule has 0 aromatic rings. The van der Waals surface area contributed by atoms with Crippen LogP contribution in [0, 0.1) is 23.2 Å². The molecule has 0 amide bonds. The van der Waals surface area contributed by atoms with E-state index in [0.29, 0.717) is 32.3 Å². The van der Waals surface area contributed by atoms with Gasteiger partial charge in [-0.15, -0.1) is 0 Å². The van der Waals surface area contributed by atoms with E-state index >= 15 is 0 Å². The molecule has 55 heavy (non-hydrogen) atoms. The molecule has 6 fully saturated rings. The molecule has 6 aliphatic heterocycles. The number of carbonyl (C=O) groups excluding carboxylic acids is 1. The van der Waals surface area contributed by atoms with Crippen molar-refractivity contribution in [3.05, 3.63) is 23.5 Å². The molecular weight excluding hydrogens is 720 g/mol. The number of hydrogen-bond acceptors (Lipinski definition) is 15. The number of esters is 1. The highest BCUT2D eigenvalue weighted by Gasteiger charge is 2.59. The molecular formula is C40H60O15. The Morgan fingerprint density at radius 1 is 0.818 bits per heavy atom. The molecule has 0 bridgehead atoms. The lowest BCUT2D eigenvalue weighted by molar-refractivity contribution is -0.337. The molecule has 15 heteroatoms. The molecule has 4 N–H and O–H groups in total. The highest BCUT2D eigenvalue weighted by Crippen LogP contribution is 2.57. The Labute approximate surface area is 322 Å². The summed E-state index contributed by atoms with van der Waals surface area (Å²) in [5.41, 5.74) is 1.85. The molecule has 0 radical (unpaired) electrons. The van der Waals surface area contributed by atoms with E-state index < -0.39 is 97.2 Å². The fourth-order valence-corrected chi connectivity index (χ4v) is 10.9. The van der Waals surface area contributed by atoms with Crippen LogP contribution in [-0.2, 0) is 52.2 Å². The lowest BCUT2D eigenvalue weighted by Gasteiger charge is -2.52. The summed E-state index contributed by atoms with van der Waals surface area (Å²) in [6, 6.07) is 0. The van der Waals surface area contributed by atoms with Crippen LogP contribution >= 0.6 is 0 Å². The minimum atomic E-state index is -0.959. The van der Waals surface area contributed by atoms with Crippen molar-refractivity contribution in [2.24, 2.45) is 23.2 Å². The van der Waals surface area contributed by atoms with Gasteiger partial charge in [0.1, 0.15) is 24.4 Å². The SMILES string of the molecule is CO[C@@H]1C[C@H](O[C@H]2[C@@H](O)C[C@H](O[C@H]3[C@@H](O)C[C@H](O[C@@H]4CC5=CC[C@H]6C(=O)O[C@@H]7CO[C@]8(C)OC=C(CC[C@@H]6[C@@]5(C)C[C@H]4O)[C@H]78)O[C@@H]3C)O[C@@H]2C)O[C@@H](C)[C@@H]1O. The highest BCUT2D eigenvalue weighted by atomic mass is 16.7. The van der Waals surface area contributed by atoms with Crippen molar-refractivity contribution in [2.75, 3.05) is 13.7 Å². The zero-order valence-electron chi connectivity index (χ0n) is 32.7. The second kappa shape index (κ2) is 15.5. The highest BCUT2D eigenvalue weighted by molar-refractivity contribution is 5.74. The quantitative estimate of drug-likeness (QED) is 0.218. The van der Waals surface area contributed by atoms with Crippen LogP contribution in [0.1, 0.15) is 86.0 Å². The number of ether oxygens (including phenoxy) is 10. The van der Waals surface area contributed by atoms with Gasteiger partial charge in [0.25, 0.3) is 0 Å². The Bertz CT molecular complexity index is 1450. The van der Waals surface area contributed by atoms with Crippen molar-refractivity contribution in [3.8, 4) is 0 Å². The Hall–Kier alpha value is -1.73. The van der Waals surface area contributed by atoms with Gasteiger partial charge in [0.2, 0.25) is 5.79 Å². The maximum absolute atomic E-state index is 13.7. The topological polar surface area (TPSA) is 190 Å². The second-order valence-corrected chi connectivity index (χ2v) is 17.5. The van der Waals surface area contributed by atoms with Crippen molar-refractivity contribution in [1.82, 2.24) is 0 Å². The molecule has 0 aromatic heterocycles. The molecule has 0 spiro atoms. The molecule has 0 unspecified atom stereocenters. The third kappa shape index (κ3) is 7.44. The van der Waals surface area contributed by atoms with E-state index in [2.05, 4.69) is 13.0 Å². The van der Waals surface area contributed by atoms with E-state index in [-0.39, 0.29) is 42.7 Å². The molecule has 310 valence electrons. The summed E-state index contributed by atoms with van der Waals surface area (Å²) < 4.78 is 60.3. The van der Waals surface area contributed by atoms with Gasteiger partial charge >= 0.3 is 5.97 Å². The number of aliphatic hydroxyl groups excluding tert-OH is 4. The monoisotopic (exact) mass is 780 g/mol. The zero-order valence-corrected chi connectivity index (χ0v) is 32.7. The first kappa shape index (κ1) is 40.1. The minimum absolute atomic E-state index is 0.0276. The molecule has 2 aliphatic carbocycles. The maximum atomic E-state index is 13.7. The van der Waals surface area contributed by atoms with Crippen LogP contribution < -0.4 is 0 Å². The number of carbonyl (C=O) groups is 1. The van der Waals surface area contributed by atoms with Gasteiger partial charge in [0, 0.05) is 33.3 Å². The fraction of sp³-hybridized carbons (Fsp3) is 0.875. The molecule has 15 nitrogen and oxygen atoms in total. The Kier molecular flexibility index (Phi) is 11.3. The van der Waals surface area contributed by atoms with Crippen LogP contribution in [0.5, 0.6) is 0 Å². The number of allylic oxidation sites excluding steroid dienone is 1. The van der Waals surface area contributed by atoms with Gasteiger partial charge in [-0.2, -0.15) is 0 Å². The number of hydrogen-bond donors (Lipinski definition) is 4. The summed E-state index contributed by atoms with van der Waals surface area (Å²) in [6.45, 7) is 9.70. The predicted molar refractivity (Wildman–Crippen MR) is 189 cm³/mol.